The van der Waals surface area contributed by atoms with Crippen LogP contribution in [-0.4, -0.2) is 32.6 Å². The van der Waals surface area contributed by atoms with E-state index in [-0.39, 0.29) is 18.4 Å². The van der Waals surface area contributed by atoms with E-state index in [0.29, 0.717) is 34.2 Å². The highest BCUT2D eigenvalue weighted by Gasteiger charge is 2.32. The van der Waals surface area contributed by atoms with Crippen molar-refractivity contribution in [3.8, 4) is 17.2 Å². The maximum absolute atomic E-state index is 12.6. The normalized spacial score (nSPS) is 14.9. The van der Waals surface area contributed by atoms with Crippen LogP contribution in [0.2, 0.25) is 0 Å². The Morgan fingerprint density at radius 3 is 2.56 bits per heavy atom. The average Bonchev–Trinajstić information content (AvgIpc) is 2.77. The number of rotatable bonds is 4. The van der Waals surface area contributed by atoms with Gasteiger partial charge in [0.05, 0.1) is 25.3 Å². The van der Waals surface area contributed by atoms with E-state index >= 15 is 0 Å². The topological polar surface area (TPSA) is 85.9 Å². The fourth-order valence-electron chi connectivity index (χ4n) is 2.62. The van der Waals surface area contributed by atoms with Crippen LogP contribution >= 0.6 is 0 Å². The summed E-state index contributed by atoms with van der Waals surface area (Å²) in [6.45, 7) is 3.88. The molecule has 27 heavy (non-hydrogen) atoms. The van der Waals surface area contributed by atoms with Crippen LogP contribution in [-0.2, 0) is 4.79 Å². The van der Waals surface area contributed by atoms with Crippen molar-refractivity contribution in [1.29, 1.82) is 0 Å². The summed E-state index contributed by atoms with van der Waals surface area (Å²) in [5.74, 6) is 1.13. The van der Waals surface area contributed by atoms with Gasteiger partial charge in [0.15, 0.2) is 11.5 Å². The maximum atomic E-state index is 12.6. The number of hydrogen-bond acceptors (Lipinski definition) is 5. The zero-order valence-electron chi connectivity index (χ0n) is 15.7. The Balaban J connectivity index is 1.80. The SMILES string of the molecule is COc1ccc(C(=O)Nc2ccc3c(c2)OCC(C)(C)C(=O)N3)cc1OC. The fraction of sp³-hybridized carbons (Fsp3) is 0.300. The molecule has 0 unspecified atom stereocenters. The summed E-state index contributed by atoms with van der Waals surface area (Å²) in [6, 6.07) is 10.0. The van der Waals surface area contributed by atoms with E-state index in [2.05, 4.69) is 10.6 Å². The number of amides is 2. The summed E-state index contributed by atoms with van der Waals surface area (Å²) in [5.41, 5.74) is 0.928. The van der Waals surface area contributed by atoms with E-state index < -0.39 is 5.41 Å². The standard InChI is InChI=1S/C20H22N2O5/c1-20(2)11-27-16-10-13(6-7-14(16)22-19(20)24)21-18(23)12-5-8-15(25-3)17(9-12)26-4/h5-10H,11H2,1-4H3,(H,21,23)(H,22,24). The Hall–Kier alpha value is -3.22. The number of hydrogen-bond donors (Lipinski definition) is 2. The van der Waals surface area contributed by atoms with Gasteiger partial charge in [-0.05, 0) is 44.2 Å². The molecule has 0 bridgehead atoms. The molecule has 7 heteroatoms. The van der Waals surface area contributed by atoms with Crippen LogP contribution < -0.4 is 24.8 Å². The van der Waals surface area contributed by atoms with E-state index in [4.69, 9.17) is 14.2 Å². The number of nitrogens with one attached hydrogen (secondary N) is 2. The van der Waals surface area contributed by atoms with Gasteiger partial charge >= 0.3 is 0 Å². The van der Waals surface area contributed by atoms with Crippen molar-refractivity contribution < 1.29 is 23.8 Å². The van der Waals surface area contributed by atoms with Crippen molar-refractivity contribution in [2.75, 3.05) is 31.5 Å². The molecule has 2 aromatic rings. The minimum Gasteiger partial charge on any atom is -0.493 e. The monoisotopic (exact) mass is 370 g/mol. The van der Waals surface area contributed by atoms with Gasteiger partial charge in [-0.3, -0.25) is 9.59 Å². The zero-order chi connectivity index (χ0) is 19.6. The highest BCUT2D eigenvalue weighted by molar-refractivity contribution is 6.05. The van der Waals surface area contributed by atoms with Crippen molar-refractivity contribution in [2.24, 2.45) is 5.41 Å². The van der Waals surface area contributed by atoms with Gasteiger partial charge in [0, 0.05) is 17.3 Å². The first-order valence-corrected chi connectivity index (χ1v) is 8.46. The second-order valence-corrected chi connectivity index (χ2v) is 6.86. The molecule has 7 nitrogen and oxygen atoms in total. The summed E-state index contributed by atoms with van der Waals surface area (Å²) in [7, 11) is 3.05. The lowest BCUT2D eigenvalue weighted by Crippen LogP contribution is -2.33. The molecular weight excluding hydrogens is 348 g/mol. The Bertz CT molecular complexity index is 892. The molecule has 2 amide bonds. The molecule has 1 heterocycles. The van der Waals surface area contributed by atoms with Crippen LogP contribution in [0.1, 0.15) is 24.2 Å². The van der Waals surface area contributed by atoms with Crippen molar-refractivity contribution in [3.63, 3.8) is 0 Å². The summed E-state index contributed by atoms with van der Waals surface area (Å²) in [6.07, 6.45) is 0. The van der Waals surface area contributed by atoms with Crippen LogP contribution in [0.25, 0.3) is 0 Å². The summed E-state index contributed by atoms with van der Waals surface area (Å²) >= 11 is 0. The third-order valence-corrected chi connectivity index (χ3v) is 4.34. The number of carbonyl (C=O) groups excluding carboxylic acids is 2. The number of carbonyl (C=O) groups is 2. The molecule has 142 valence electrons. The minimum atomic E-state index is -0.637. The maximum Gasteiger partial charge on any atom is 0.255 e. The summed E-state index contributed by atoms with van der Waals surface area (Å²) in [4.78, 5) is 24.7. The first kappa shape index (κ1) is 18.6. The Labute approximate surface area is 157 Å². The van der Waals surface area contributed by atoms with Gasteiger partial charge in [0.1, 0.15) is 12.4 Å². The van der Waals surface area contributed by atoms with Crippen LogP contribution in [0.5, 0.6) is 17.2 Å². The Morgan fingerprint density at radius 2 is 1.85 bits per heavy atom. The molecule has 1 aliphatic heterocycles. The van der Waals surface area contributed by atoms with Crippen molar-refractivity contribution in [1.82, 2.24) is 0 Å². The molecule has 0 radical (unpaired) electrons. The Morgan fingerprint density at radius 1 is 1.11 bits per heavy atom. The lowest BCUT2D eigenvalue weighted by Gasteiger charge is -2.18. The quantitative estimate of drug-likeness (QED) is 0.862. The van der Waals surface area contributed by atoms with E-state index in [1.54, 1.807) is 36.4 Å². The van der Waals surface area contributed by atoms with Gasteiger partial charge < -0.3 is 24.8 Å². The zero-order valence-corrected chi connectivity index (χ0v) is 15.7. The predicted octanol–water partition coefficient (Wildman–Crippen LogP) is 3.31. The number of benzene rings is 2. The van der Waals surface area contributed by atoms with Gasteiger partial charge in [-0.15, -0.1) is 0 Å². The van der Waals surface area contributed by atoms with Gasteiger partial charge in [0.2, 0.25) is 5.91 Å². The molecule has 0 saturated carbocycles. The van der Waals surface area contributed by atoms with Gasteiger partial charge in [-0.1, -0.05) is 0 Å². The van der Waals surface area contributed by atoms with Crippen LogP contribution in [0.3, 0.4) is 0 Å². The fourth-order valence-corrected chi connectivity index (χ4v) is 2.62. The smallest absolute Gasteiger partial charge is 0.255 e. The molecule has 0 fully saturated rings. The third-order valence-electron chi connectivity index (χ3n) is 4.34. The lowest BCUT2D eigenvalue weighted by molar-refractivity contribution is -0.124. The largest absolute Gasteiger partial charge is 0.493 e. The van der Waals surface area contributed by atoms with E-state index in [1.807, 2.05) is 13.8 Å². The van der Waals surface area contributed by atoms with E-state index in [1.165, 1.54) is 14.2 Å². The molecule has 2 N–H and O–H groups in total. The molecule has 3 rings (SSSR count). The number of methoxy groups -OCH3 is 2. The Kier molecular flexibility index (Phi) is 4.94. The first-order valence-electron chi connectivity index (χ1n) is 8.46. The second kappa shape index (κ2) is 7.19. The molecule has 0 saturated heterocycles. The highest BCUT2D eigenvalue weighted by Crippen LogP contribution is 2.34. The highest BCUT2D eigenvalue weighted by atomic mass is 16.5. The van der Waals surface area contributed by atoms with Crippen LogP contribution in [0.4, 0.5) is 11.4 Å². The summed E-state index contributed by atoms with van der Waals surface area (Å²) < 4.78 is 16.2. The first-order chi connectivity index (χ1) is 12.8. The van der Waals surface area contributed by atoms with Gasteiger partial charge in [0.25, 0.3) is 5.91 Å². The van der Waals surface area contributed by atoms with Crippen molar-refractivity contribution in [2.45, 2.75) is 13.8 Å². The van der Waals surface area contributed by atoms with Gasteiger partial charge in [-0.2, -0.15) is 0 Å². The molecule has 0 aliphatic carbocycles. The molecule has 1 aliphatic rings. The average molecular weight is 370 g/mol. The van der Waals surface area contributed by atoms with Crippen LogP contribution in [0.15, 0.2) is 36.4 Å². The van der Waals surface area contributed by atoms with Crippen molar-refractivity contribution in [3.05, 3.63) is 42.0 Å². The number of fused-ring (bicyclic) bond motifs is 1. The molecule has 0 atom stereocenters. The van der Waals surface area contributed by atoms with Crippen LogP contribution in [0, 0.1) is 5.41 Å². The molecular formula is C20H22N2O5. The third kappa shape index (κ3) is 3.81. The molecule has 0 aromatic heterocycles. The predicted molar refractivity (Wildman–Crippen MR) is 102 cm³/mol. The van der Waals surface area contributed by atoms with Crippen molar-refractivity contribution >= 4 is 23.2 Å². The molecule has 0 spiro atoms. The summed E-state index contributed by atoms with van der Waals surface area (Å²) in [5, 5.41) is 5.67. The minimum absolute atomic E-state index is 0.108. The number of ether oxygens (including phenoxy) is 3. The van der Waals surface area contributed by atoms with Gasteiger partial charge in [-0.25, -0.2) is 0 Å². The number of anilines is 2. The second-order valence-electron chi connectivity index (χ2n) is 6.86. The van der Waals surface area contributed by atoms with E-state index in [9.17, 15) is 9.59 Å². The molecule has 2 aromatic carbocycles. The van der Waals surface area contributed by atoms with E-state index in [0.717, 1.165) is 0 Å². The lowest BCUT2D eigenvalue weighted by atomic mass is 9.94.